The second kappa shape index (κ2) is 10.6. The average Bonchev–Trinajstić information content (AvgIpc) is 3.24. The van der Waals surface area contributed by atoms with Gasteiger partial charge in [0.05, 0.1) is 4.91 Å². The Labute approximate surface area is 193 Å². The van der Waals surface area contributed by atoms with Crippen LogP contribution in [0, 0.1) is 0 Å². The lowest BCUT2D eigenvalue weighted by atomic mass is 10.1. The Morgan fingerprint density at radius 2 is 1.93 bits per heavy atom. The number of thiocarbonyl (C=S) groups is 1. The molecule has 0 unspecified atom stereocenters. The van der Waals surface area contributed by atoms with E-state index < -0.39 is 0 Å². The molecule has 1 N–H and O–H groups in total. The number of amides is 2. The summed E-state index contributed by atoms with van der Waals surface area (Å²) in [7, 11) is 0. The monoisotopic (exact) mass is 484 g/mol. The Morgan fingerprint density at radius 1 is 1.17 bits per heavy atom. The minimum absolute atomic E-state index is 0.0380. The third kappa shape index (κ3) is 6.55. The van der Waals surface area contributed by atoms with Gasteiger partial charge in [-0.3, -0.25) is 14.5 Å². The van der Waals surface area contributed by atoms with Crippen LogP contribution in [0.15, 0.2) is 40.6 Å². The van der Waals surface area contributed by atoms with Crippen molar-refractivity contribution in [1.82, 2.24) is 4.90 Å². The van der Waals surface area contributed by atoms with Crippen molar-refractivity contribution >= 4 is 86.4 Å². The van der Waals surface area contributed by atoms with Crippen LogP contribution in [0.3, 0.4) is 0 Å². The van der Waals surface area contributed by atoms with Crippen LogP contribution in [0.25, 0.3) is 6.08 Å². The number of nitrogens with zero attached hydrogens (tertiary/aromatic N) is 1. The van der Waals surface area contributed by atoms with Gasteiger partial charge >= 0.3 is 0 Å². The number of anilines is 1. The van der Waals surface area contributed by atoms with Crippen LogP contribution in [0.1, 0.15) is 30.6 Å². The first-order chi connectivity index (χ1) is 13.9. The summed E-state index contributed by atoms with van der Waals surface area (Å²) in [6, 6.07) is 8.85. The second-order valence-corrected chi connectivity index (χ2v) is 9.89. The number of unbranched alkanes of at least 4 members (excludes halogenated alkanes) is 2. The summed E-state index contributed by atoms with van der Waals surface area (Å²) in [5, 5.41) is 5.72. The first-order valence-electron chi connectivity index (χ1n) is 8.97. The third-order valence-electron chi connectivity index (χ3n) is 4.12. The molecule has 1 fully saturated rings. The van der Waals surface area contributed by atoms with Crippen LogP contribution >= 0.6 is 58.5 Å². The summed E-state index contributed by atoms with van der Waals surface area (Å²) in [6.45, 7) is 0.567. The molecule has 0 radical (unpaired) electrons. The van der Waals surface area contributed by atoms with E-state index in [0.29, 0.717) is 37.9 Å². The van der Waals surface area contributed by atoms with Crippen molar-refractivity contribution in [3.63, 3.8) is 0 Å². The molecule has 0 spiro atoms. The van der Waals surface area contributed by atoms with E-state index in [-0.39, 0.29) is 11.8 Å². The van der Waals surface area contributed by atoms with Gasteiger partial charge in [-0.15, -0.1) is 11.3 Å². The first-order valence-corrected chi connectivity index (χ1v) is 11.8. The highest BCUT2D eigenvalue weighted by atomic mass is 35.5. The van der Waals surface area contributed by atoms with E-state index >= 15 is 0 Å². The highest BCUT2D eigenvalue weighted by Gasteiger charge is 2.31. The zero-order chi connectivity index (χ0) is 20.8. The van der Waals surface area contributed by atoms with Gasteiger partial charge in [0.1, 0.15) is 4.32 Å². The molecule has 1 aromatic carbocycles. The number of rotatable bonds is 8. The molecule has 1 saturated heterocycles. The highest BCUT2D eigenvalue weighted by Crippen LogP contribution is 2.33. The molecule has 1 aromatic heterocycles. The maximum atomic E-state index is 12.5. The fourth-order valence-corrected chi connectivity index (χ4v) is 5.33. The van der Waals surface area contributed by atoms with Gasteiger partial charge in [0.15, 0.2) is 0 Å². The highest BCUT2D eigenvalue weighted by molar-refractivity contribution is 8.26. The molecule has 2 aromatic rings. The van der Waals surface area contributed by atoms with Crippen LogP contribution in [0.2, 0.25) is 10.0 Å². The molecule has 3 rings (SSSR count). The van der Waals surface area contributed by atoms with E-state index in [1.807, 2.05) is 23.6 Å². The maximum absolute atomic E-state index is 12.5. The number of hydrogen-bond acceptors (Lipinski definition) is 5. The Morgan fingerprint density at radius 3 is 2.62 bits per heavy atom. The minimum Gasteiger partial charge on any atom is -0.326 e. The van der Waals surface area contributed by atoms with Crippen LogP contribution in [0.4, 0.5) is 5.69 Å². The molecule has 2 heterocycles. The van der Waals surface area contributed by atoms with E-state index in [4.69, 9.17) is 35.4 Å². The zero-order valence-electron chi connectivity index (χ0n) is 15.3. The molecule has 0 aliphatic carbocycles. The molecular formula is C20H18Cl2N2O2S3. The number of carbonyl (C=O) groups excluding carboxylic acids is 2. The van der Waals surface area contributed by atoms with Gasteiger partial charge in [-0.05, 0) is 48.6 Å². The lowest BCUT2D eigenvalue weighted by Crippen LogP contribution is -2.29. The summed E-state index contributed by atoms with van der Waals surface area (Å²) in [5.41, 5.74) is 0.586. The van der Waals surface area contributed by atoms with Gasteiger partial charge in [0, 0.05) is 33.6 Å². The molecule has 0 saturated carbocycles. The van der Waals surface area contributed by atoms with Crippen molar-refractivity contribution in [3.05, 3.63) is 55.5 Å². The molecule has 0 bridgehead atoms. The quantitative estimate of drug-likeness (QED) is 0.265. The summed E-state index contributed by atoms with van der Waals surface area (Å²) < 4.78 is 0.591. The van der Waals surface area contributed by atoms with Crippen molar-refractivity contribution in [2.75, 3.05) is 11.9 Å². The SMILES string of the molecule is O=C(CCCCCN1C(=O)/C(=C/c2cccs2)SC1=S)Nc1cc(Cl)cc(Cl)c1. The van der Waals surface area contributed by atoms with E-state index in [9.17, 15) is 9.59 Å². The molecule has 152 valence electrons. The smallest absolute Gasteiger partial charge is 0.266 e. The van der Waals surface area contributed by atoms with Crippen LogP contribution in [-0.4, -0.2) is 27.6 Å². The maximum Gasteiger partial charge on any atom is 0.266 e. The van der Waals surface area contributed by atoms with Gasteiger partial charge in [-0.1, -0.05) is 59.7 Å². The van der Waals surface area contributed by atoms with E-state index in [2.05, 4.69) is 5.32 Å². The normalized spacial score (nSPS) is 15.4. The fourth-order valence-electron chi connectivity index (χ4n) is 2.78. The van der Waals surface area contributed by atoms with Gasteiger partial charge in [-0.2, -0.15) is 0 Å². The number of halogens is 2. The van der Waals surface area contributed by atoms with Crippen molar-refractivity contribution in [2.24, 2.45) is 0 Å². The first kappa shape index (κ1) is 22.3. The number of carbonyl (C=O) groups is 2. The lowest BCUT2D eigenvalue weighted by molar-refractivity contribution is -0.122. The Bertz CT molecular complexity index is 925. The molecule has 1 aliphatic rings. The van der Waals surface area contributed by atoms with Crippen molar-refractivity contribution in [1.29, 1.82) is 0 Å². The average molecular weight is 485 g/mol. The number of nitrogens with one attached hydrogen (secondary N) is 1. The van der Waals surface area contributed by atoms with Gasteiger partial charge < -0.3 is 5.32 Å². The van der Waals surface area contributed by atoms with Gasteiger partial charge in [0.25, 0.3) is 5.91 Å². The van der Waals surface area contributed by atoms with Gasteiger partial charge in [0.2, 0.25) is 5.91 Å². The third-order valence-corrected chi connectivity index (χ3v) is 6.76. The number of hydrogen-bond donors (Lipinski definition) is 1. The Hall–Kier alpha value is -1.38. The second-order valence-electron chi connectivity index (χ2n) is 6.37. The number of thioether (sulfide) groups is 1. The van der Waals surface area contributed by atoms with Crippen molar-refractivity contribution in [3.8, 4) is 0 Å². The number of thiophene rings is 1. The largest absolute Gasteiger partial charge is 0.326 e. The lowest BCUT2D eigenvalue weighted by Gasteiger charge is -2.14. The summed E-state index contributed by atoms with van der Waals surface area (Å²) >= 11 is 20.1. The molecule has 1 aliphatic heterocycles. The summed E-state index contributed by atoms with van der Waals surface area (Å²) in [5.74, 6) is -0.128. The van der Waals surface area contributed by atoms with E-state index in [1.165, 1.54) is 11.8 Å². The topological polar surface area (TPSA) is 49.4 Å². The van der Waals surface area contributed by atoms with Crippen molar-refractivity contribution < 1.29 is 9.59 Å². The predicted molar refractivity (Wildman–Crippen MR) is 128 cm³/mol. The molecular weight excluding hydrogens is 467 g/mol. The summed E-state index contributed by atoms with van der Waals surface area (Å²) in [6.07, 6.45) is 4.61. The van der Waals surface area contributed by atoms with Gasteiger partial charge in [-0.25, -0.2) is 0 Å². The molecule has 2 amide bonds. The van der Waals surface area contributed by atoms with Crippen LogP contribution in [-0.2, 0) is 9.59 Å². The zero-order valence-corrected chi connectivity index (χ0v) is 19.3. The standard InChI is InChI=1S/C20H18Cl2N2O2S3/c21-13-9-14(22)11-15(10-13)23-18(25)6-2-1-3-7-24-19(26)17(29-20(24)27)12-16-5-4-8-28-16/h4-5,8-12H,1-3,6-7H2,(H,23,25)/b17-12-. The van der Waals surface area contributed by atoms with E-state index in [0.717, 1.165) is 24.1 Å². The summed E-state index contributed by atoms with van der Waals surface area (Å²) in [4.78, 5) is 28.0. The minimum atomic E-state index is -0.0900. The predicted octanol–water partition coefficient (Wildman–Crippen LogP) is 6.46. The van der Waals surface area contributed by atoms with Crippen LogP contribution < -0.4 is 5.32 Å². The Balaban J connectivity index is 1.39. The number of benzene rings is 1. The molecule has 9 heteroatoms. The Kier molecular flexibility index (Phi) is 8.15. The van der Waals surface area contributed by atoms with Crippen molar-refractivity contribution in [2.45, 2.75) is 25.7 Å². The molecule has 29 heavy (non-hydrogen) atoms. The molecule has 4 nitrogen and oxygen atoms in total. The van der Waals surface area contributed by atoms with E-state index in [1.54, 1.807) is 34.4 Å². The fraction of sp³-hybridized carbons (Fsp3) is 0.250. The molecule has 0 atom stereocenters. The van der Waals surface area contributed by atoms with Crippen LogP contribution in [0.5, 0.6) is 0 Å².